The van der Waals surface area contributed by atoms with Gasteiger partial charge in [-0.25, -0.2) is 4.98 Å². The Balaban J connectivity index is 2.29. The monoisotopic (exact) mass is 262 g/mol. The summed E-state index contributed by atoms with van der Waals surface area (Å²) in [5.41, 5.74) is 0.569. The van der Waals surface area contributed by atoms with Gasteiger partial charge < -0.3 is 10.4 Å². The van der Waals surface area contributed by atoms with E-state index in [9.17, 15) is 9.00 Å². The van der Waals surface area contributed by atoms with Crippen LogP contribution in [0.1, 0.15) is 12.1 Å². The van der Waals surface area contributed by atoms with Crippen molar-refractivity contribution in [1.29, 1.82) is 0 Å². The number of carboxylic acid groups (broad SMARTS) is 1. The molecule has 0 aromatic carbocycles. The summed E-state index contributed by atoms with van der Waals surface area (Å²) < 4.78 is 10.8. The summed E-state index contributed by atoms with van der Waals surface area (Å²) in [7, 11) is -0.761. The summed E-state index contributed by atoms with van der Waals surface area (Å²) in [5.74, 6) is -0.210. The molecule has 0 spiro atoms. The van der Waals surface area contributed by atoms with E-state index in [0.717, 1.165) is 11.6 Å². The van der Waals surface area contributed by atoms with Crippen LogP contribution in [0.3, 0.4) is 0 Å². The zero-order valence-electron chi connectivity index (χ0n) is 8.93. The van der Waals surface area contributed by atoms with Gasteiger partial charge in [0, 0.05) is 34.7 Å². The molecule has 0 radical (unpaired) electrons. The number of aliphatic carboxylic acids is 1. The molecular weight excluding hydrogens is 248 g/mol. The third-order valence-corrected chi connectivity index (χ3v) is 3.48. The van der Waals surface area contributed by atoms with Crippen LogP contribution < -0.4 is 5.32 Å². The highest BCUT2D eigenvalue weighted by Gasteiger charge is 2.05. The third-order valence-electron chi connectivity index (χ3n) is 1.77. The summed E-state index contributed by atoms with van der Waals surface area (Å²) in [5, 5.41) is 14.1. The maximum atomic E-state index is 10.8. The molecule has 0 fully saturated rings. The maximum absolute atomic E-state index is 10.8. The lowest BCUT2D eigenvalue weighted by Gasteiger charge is -2.00. The largest absolute Gasteiger partial charge is 0.481 e. The lowest BCUT2D eigenvalue weighted by Crippen LogP contribution is -2.06. The van der Waals surface area contributed by atoms with Gasteiger partial charge in [-0.05, 0) is 6.42 Å². The highest BCUT2D eigenvalue weighted by Crippen LogP contribution is 2.15. The molecule has 1 unspecified atom stereocenters. The van der Waals surface area contributed by atoms with Crippen LogP contribution in [0.5, 0.6) is 0 Å². The molecule has 5 nitrogen and oxygen atoms in total. The van der Waals surface area contributed by atoms with Crippen molar-refractivity contribution in [2.45, 2.75) is 12.8 Å². The molecule has 0 saturated heterocycles. The average molecular weight is 262 g/mol. The van der Waals surface area contributed by atoms with Crippen molar-refractivity contribution in [3.63, 3.8) is 0 Å². The Bertz CT molecular complexity index is 379. The van der Waals surface area contributed by atoms with E-state index in [1.54, 1.807) is 11.6 Å². The van der Waals surface area contributed by atoms with Gasteiger partial charge in [0.25, 0.3) is 0 Å². The average Bonchev–Trinajstić information content (AvgIpc) is 2.59. The molecular formula is C9H14N2O3S2. The number of nitrogens with zero attached hydrogens (tertiary/aromatic N) is 1. The van der Waals surface area contributed by atoms with Crippen LogP contribution in [-0.2, 0) is 22.0 Å². The summed E-state index contributed by atoms with van der Waals surface area (Å²) in [6, 6.07) is 0. The summed E-state index contributed by atoms with van der Waals surface area (Å²) in [6.45, 7) is 0.708. The normalized spacial score (nSPS) is 12.3. The van der Waals surface area contributed by atoms with E-state index in [4.69, 9.17) is 5.11 Å². The number of carboxylic acids is 1. The number of hydrogen-bond acceptors (Lipinski definition) is 5. The first-order valence-corrected chi connectivity index (χ1v) is 7.38. The number of rotatable bonds is 7. The number of anilines is 1. The Hall–Kier alpha value is -0.950. The molecule has 1 atom stereocenters. The number of thiazole rings is 1. The molecule has 1 aromatic rings. The fraction of sp³-hybridized carbons (Fsp3) is 0.556. The van der Waals surface area contributed by atoms with Gasteiger partial charge in [-0.15, -0.1) is 11.3 Å². The second-order valence-electron chi connectivity index (χ2n) is 3.27. The highest BCUT2D eigenvalue weighted by molar-refractivity contribution is 7.84. The standard InChI is InChI=1S/C9H14N2O3S2/c1-16(14)4-2-3-10-9-11-7(6-15-9)5-8(12)13/h6H,2-5H2,1H3,(H,10,11)(H,12,13). The van der Waals surface area contributed by atoms with Crippen molar-refractivity contribution in [1.82, 2.24) is 4.98 Å². The Labute approximate surface area is 100 Å². The SMILES string of the molecule is CS(=O)CCCNc1nc(CC(=O)O)cs1. The van der Waals surface area contributed by atoms with Crippen molar-refractivity contribution in [2.24, 2.45) is 0 Å². The van der Waals surface area contributed by atoms with Crippen molar-refractivity contribution in [2.75, 3.05) is 23.9 Å². The molecule has 7 heteroatoms. The predicted molar refractivity (Wildman–Crippen MR) is 65.5 cm³/mol. The Morgan fingerprint density at radius 1 is 1.69 bits per heavy atom. The van der Waals surface area contributed by atoms with E-state index >= 15 is 0 Å². The zero-order valence-corrected chi connectivity index (χ0v) is 10.6. The second kappa shape index (κ2) is 6.59. The molecule has 0 bridgehead atoms. The van der Waals surface area contributed by atoms with E-state index in [-0.39, 0.29) is 6.42 Å². The predicted octanol–water partition coefficient (Wildman–Crippen LogP) is 0.951. The van der Waals surface area contributed by atoms with E-state index in [0.29, 0.717) is 18.0 Å². The van der Waals surface area contributed by atoms with Crippen molar-refractivity contribution < 1.29 is 14.1 Å². The van der Waals surface area contributed by atoms with Gasteiger partial charge in [0.05, 0.1) is 12.1 Å². The quantitative estimate of drug-likeness (QED) is 0.715. The van der Waals surface area contributed by atoms with Crippen molar-refractivity contribution in [3.8, 4) is 0 Å². The third kappa shape index (κ3) is 5.22. The van der Waals surface area contributed by atoms with Gasteiger partial charge in [-0.3, -0.25) is 9.00 Å². The molecule has 0 aliphatic carbocycles. The minimum atomic E-state index is -0.877. The fourth-order valence-electron chi connectivity index (χ4n) is 1.10. The van der Waals surface area contributed by atoms with Gasteiger partial charge >= 0.3 is 5.97 Å². The van der Waals surface area contributed by atoms with Gasteiger partial charge in [0.2, 0.25) is 0 Å². The number of nitrogens with one attached hydrogen (secondary N) is 1. The van der Waals surface area contributed by atoms with E-state index < -0.39 is 16.8 Å². The molecule has 1 heterocycles. The number of carbonyl (C=O) groups is 1. The summed E-state index contributed by atoms with van der Waals surface area (Å²) >= 11 is 1.39. The number of aromatic nitrogens is 1. The van der Waals surface area contributed by atoms with E-state index in [2.05, 4.69) is 10.3 Å². The minimum Gasteiger partial charge on any atom is -0.481 e. The van der Waals surface area contributed by atoms with Crippen molar-refractivity contribution in [3.05, 3.63) is 11.1 Å². The van der Waals surface area contributed by atoms with Crippen LogP contribution in [0.2, 0.25) is 0 Å². The zero-order chi connectivity index (χ0) is 12.0. The highest BCUT2D eigenvalue weighted by atomic mass is 32.2. The number of hydrogen-bond donors (Lipinski definition) is 2. The van der Waals surface area contributed by atoms with Crippen LogP contribution in [0.25, 0.3) is 0 Å². The van der Waals surface area contributed by atoms with E-state index in [1.807, 2.05) is 0 Å². The van der Waals surface area contributed by atoms with Crippen LogP contribution in [-0.4, -0.2) is 38.8 Å². The van der Waals surface area contributed by atoms with Gasteiger partial charge in [-0.2, -0.15) is 0 Å². The Morgan fingerprint density at radius 2 is 2.44 bits per heavy atom. The molecule has 0 saturated carbocycles. The lowest BCUT2D eigenvalue weighted by molar-refractivity contribution is -0.136. The molecule has 0 amide bonds. The Morgan fingerprint density at radius 3 is 3.06 bits per heavy atom. The van der Waals surface area contributed by atoms with Crippen LogP contribution in [0.4, 0.5) is 5.13 Å². The molecule has 90 valence electrons. The van der Waals surface area contributed by atoms with Gasteiger partial charge in [0.15, 0.2) is 5.13 Å². The maximum Gasteiger partial charge on any atom is 0.309 e. The molecule has 1 aromatic heterocycles. The molecule has 1 rings (SSSR count). The van der Waals surface area contributed by atoms with Crippen molar-refractivity contribution >= 4 is 33.2 Å². The van der Waals surface area contributed by atoms with Gasteiger partial charge in [0.1, 0.15) is 0 Å². The van der Waals surface area contributed by atoms with Crippen LogP contribution in [0.15, 0.2) is 5.38 Å². The molecule has 0 aliphatic rings. The van der Waals surface area contributed by atoms with Crippen LogP contribution in [0, 0.1) is 0 Å². The summed E-state index contributed by atoms with van der Waals surface area (Å²) in [6.07, 6.45) is 2.45. The van der Waals surface area contributed by atoms with E-state index in [1.165, 1.54) is 11.3 Å². The topological polar surface area (TPSA) is 79.3 Å². The second-order valence-corrected chi connectivity index (χ2v) is 5.68. The fourth-order valence-corrected chi connectivity index (χ4v) is 2.38. The first-order valence-electron chi connectivity index (χ1n) is 4.78. The minimum absolute atomic E-state index is 0.0445. The first kappa shape index (κ1) is 13.1. The molecule has 2 N–H and O–H groups in total. The lowest BCUT2D eigenvalue weighted by atomic mass is 10.3. The van der Waals surface area contributed by atoms with Gasteiger partial charge in [-0.1, -0.05) is 0 Å². The van der Waals surface area contributed by atoms with Crippen LogP contribution >= 0.6 is 11.3 Å². The smallest absolute Gasteiger partial charge is 0.309 e. The molecule has 16 heavy (non-hydrogen) atoms. The molecule has 0 aliphatic heterocycles. The Kier molecular flexibility index (Phi) is 5.41. The summed E-state index contributed by atoms with van der Waals surface area (Å²) in [4.78, 5) is 14.5. The first-order chi connectivity index (χ1) is 7.58.